The topological polar surface area (TPSA) is 49.7 Å². The van der Waals surface area contributed by atoms with Crippen LogP contribution in [0.25, 0.3) is 0 Å². The monoisotopic (exact) mass is 1370 g/mol. The van der Waals surface area contributed by atoms with Crippen LogP contribution in [0.5, 0.6) is 0 Å². The summed E-state index contributed by atoms with van der Waals surface area (Å²) in [4.78, 5) is 0. The number of rotatable bonds is 1. The Labute approximate surface area is 631 Å². The lowest BCUT2D eigenvalue weighted by atomic mass is 10.8. The van der Waals surface area contributed by atoms with Crippen molar-refractivity contribution in [2.45, 2.75) is 0 Å². The van der Waals surface area contributed by atoms with Crippen LogP contribution in [-0.2, 0) is 4.74 Å². The lowest BCUT2D eigenvalue weighted by Crippen LogP contribution is -1.85. The van der Waals surface area contributed by atoms with E-state index in [-0.39, 0.29) is 13.2 Å². The second-order valence-corrected chi connectivity index (χ2v) is 0.855. The molecule has 2 N–H and O–H groups in total. The number of methoxy groups -OCH3 is 1. The van der Waals surface area contributed by atoms with E-state index in [4.69, 9.17) is 10.2 Å². The summed E-state index contributed by atoms with van der Waals surface area (Å²) in [6.45, 7) is 270. The van der Waals surface area contributed by atoms with Gasteiger partial charge >= 0.3 is 0 Å². The molecule has 3 nitrogen and oxygen atoms in total. The molecule has 0 rings (SSSR count). The molecule has 0 amide bonds. The molecular formula is C94H192O3. The molecule has 0 aromatic heterocycles. The summed E-state index contributed by atoms with van der Waals surface area (Å²) in [5.41, 5.74) is 0. The second kappa shape index (κ2) is 7490. The van der Waals surface area contributed by atoms with Crippen LogP contribution in [0.3, 0.4) is 0 Å². The summed E-state index contributed by atoms with van der Waals surface area (Å²) in [5, 5.41) is 15.2. The predicted octanol–water partition coefficient (Wildman–Crippen LogP) is 35.3. The van der Waals surface area contributed by atoms with Gasteiger partial charge in [-0.3, -0.25) is 0 Å². The normalized spacial score (nSPS) is 2.35. The molecule has 586 valence electrons. The molecule has 0 saturated carbocycles. The highest BCUT2D eigenvalue weighted by atomic mass is 16.4. The molecule has 0 aromatic rings. The van der Waals surface area contributed by atoms with E-state index in [2.05, 4.69) is 597 Å². The molecule has 3 heteroatoms. The first-order valence-electron chi connectivity index (χ1n) is 24.4. The van der Waals surface area contributed by atoms with Gasteiger partial charge in [-0.15, -0.1) is 592 Å². The van der Waals surface area contributed by atoms with Gasteiger partial charge in [0.15, 0.2) is 0 Å². The van der Waals surface area contributed by atoms with Crippen LogP contribution in [0.4, 0.5) is 0 Å². The molecule has 0 saturated heterocycles. The van der Waals surface area contributed by atoms with Crippen LogP contribution in [-0.4, -0.2) is 37.6 Å². The fourth-order valence-corrected chi connectivity index (χ4v) is 0. The van der Waals surface area contributed by atoms with Gasteiger partial charge in [-0.2, -0.15) is 0 Å². The lowest BCUT2D eigenvalue weighted by molar-refractivity contribution is 0.186. The molecular weight excluding hydrogens is 1180 g/mol. The van der Waals surface area contributed by atoms with Gasteiger partial charge in [0, 0.05) is 14.2 Å². The lowest BCUT2D eigenvalue weighted by Gasteiger charge is -1.70. The highest BCUT2D eigenvalue weighted by Crippen LogP contribution is 1.39. The summed E-state index contributed by atoms with van der Waals surface area (Å²) < 4.78 is 4.25. The maximum absolute atomic E-state index is 7.62. The Balaban J connectivity index is -0.00000000586. The molecule has 0 aliphatic heterocycles. The van der Waals surface area contributed by atoms with E-state index in [0.29, 0.717) is 0 Å². The van der Waals surface area contributed by atoms with Crippen molar-refractivity contribution in [3.05, 3.63) is 592 Å². The zero-order valence-electron chi connectivity index (χ0n) is 68.4. The Hall–Kier alpha value is -11.8. The molecule has 0 atom stereocenters. The number of hydrogen-bond donors (Lipinski definition) is 2. The SMILES string of the molecule is C=C.C=C.C=C.C=C.C=C.C=C.C=C.C=C.C=C.C=C.C=C.C=C.C=C.C=C.C=C.C=C.C=C.C=C.C=C.C=C.C=C.C=C.C=C.C=C.C=C.C=C.C=C.C=C.C=C.C=C.C=C.C=C.C=C.C=C.C=C.C=C.C=C.C=C.C=C.C=C.C=C.C=C.C=C.C=C.C=C.COC.OCCO. The van der Waals surface area contributed by atoms with Crippen molar-refractivity contribution in [3.63, 3.8) is 0 Å². The number of ether oxygens (including phenoxy) is 1. The second-order valence-electron chi connectivity index (χ2n) is 0.855. The first-order valence-corrected chi connectivity index (χ1v) is 24.4. The third-order valence-electron chi connectivity index (χ3n) is 0.1000. The quantitative estimate of drug-likeness (QED) is 0.257. The van der Waals surface area contributed by atoms with Gasteiger partial charge in [-0.25, -0.2) is 0 Å². The van der Waals surface area contributed by atoms with E-state index >= 15 is 0 Å². The minimum absolute atomic E-state index is 0.125. The van der Waals surface area contributed by atoms with E-state index in [1.807, 2.05) is 0 Å². The maximum Gasteiger partial charge on any atom is 0.0662 e. The third-order valence-corrected chi connectivity index (χ3v) is 0.1000. The van der Waals surface area contributed by atoms with Gasteiger partial charge in [0.05, 0.1) is 13.2 Å². The summed E-state index contributed by atoms with van der Waals surface area (Å²) in [7, 11) is 3.25. The minimum Gasteiger partial charge on any atom is -0.394 e. The van der Waals surface area contributed by atoms with Crippen molar-refractivity contribution in [2.24, 2.45) is 0 Å². The summed E-state index contributed by atoms with van der Waals surface area (Å²) in [6.07, 6.45) is 0. The van der Waals surface area contributed by atoms with Gasteiger partial charge < -0.3 is 14.9 Å². The van der Waals surface area contributed by atoms with Crippen molar-refractivity contribution in [3.8, 4) is 0 Å². The van der Waals surface area contributed by atoms with Gasteiger partial charge in [0.2, 0.25) is 0 Å². The summed E-state index contributed by atoms with van der Waals surface area (Å²) in [5.74, 6) is 0. The van der Waals surface area contributed by atoms with Gasteiger partial charge in [0.25, 0.3) is 0 Å². The third kappa shape index (κ3) is 4860. The van der Waals surface area contributed by atoms with Crippen molar-refractivity contribution >= 4 is 0 Å². The molecule has 0 spiro atoms. The molecule has 0 aromatic carbocycles. The standard InChI is InChI=1S/C2H6O2.C2H6O.45C2H4/c3-1-2-4;1-3-2;45*1-2/h3-4H,1-2H2;1-2H3;45*1-2H2. The molecule has 0 bridgehead atoms. The van der Waals surface area contributed by atoms with Crippen molar-refractivity contribution in [1.29, 1.82) is 0 Å². The molecule has 0 unspecified atom stereocenters. The fourth-order valence-electron chi connectivity index (χ4n) is 0. The smallest absolute Gasteiger partial charge is 0.0662 e. The van der Waals surface area contributed by atoms with Crippen LogP contribution in [0.1, 0.15) is 0 Å². The average Bonchev–Trinajstić information content (AvgIpc) is 3.83. The Morgan fingerprint density at radius 1 is 0.103 bits per heavy atom. The Bertz CT molecular complexity index is 306. The fraction of sp³-hybridized carbons (Fsp3) is 0.0426. The van der Waals surface area contributed by atoms with Crippen LogP contribution in [0.2, 0.25) is 0 Å². The van der Waals surface area contributed by atoms with Crippen LogP contribution in [0.15, 0.2) is 592 Å². The first-order chi connectivity index (χ1) is 48.3. The Morgan fingerprint density at radius 2 is 0.113 bits per heavy atom. The number of aliphatic hydroxyl groups excluding tert-OH is 2. The van der Waals surface area contributed by atoms with Crippen molar-refractivity contribution in [2.75, 3.05) is 27.4 Å². The predicted molar refractivity (Wildman–Crippen MR) is 534 cm³/mol. The van der Waals surface area contributed by atoms with E-state index in [9.17, 15) is 0 Å². The molecule has 0 radical (unpaired) electrons. The van der Waals surface area contributed by atoms with Gasteiger partial charge in [-0.05, 0) is 0 Å². The van der Waals surface area contributed by atoms with E-state index in [1.165, 1.54) is 0 Å². The van der Waals surface area contributed by atoms with E-state index in [0.717, 1.165) is 0 Å². The largest absolute Gasteiger partial charge is 0.394 e. The van der Waals surface area contributed by atoms with Crippen LogP contribution < -0.4 is 0 Å². The van der Waals surface area contributed by atoms with Gasteiger partial charge in [0.1, 0.15) is 0 Å². The minimum atomic E-state index is -0.125. The maximum atomic E-state index is 7.62. The van der Waals surface area contributed by atoms with Crippen molar-refractivity contribution in [1.82, 2.24) is 0 Å². The Kier molecular flexibility index (Phi) is 32000. The number of hydrogen-bond acceptors (Lipinski definition) is 3. The summed E-state index contributed by atoms with van der Waals surface area (Å²) >= 11 is 0. The average molecular weight is 1370 g/mol. The molecule has 97 heavy (non-hydrogen) atoms. The zero-order valence-corrected chi connectivity index (χ0v) is 68.4. The van der Waals surface area contributed by atoms with Crippen molar-refractivity contribution < 1.29 is 14.9 Å². The van der Waals surface area contributed by atoms with E-state index < -0.39 is 0 Å². The molecule has 0 aliphatic carbocycles. The molecule has 0 heterocycles. The molecule has 0 aliphatic rings. The van der Waals surface area contributed by atoms with Gasteiger partial charge in [-0.1, -0.05) is 0 Å². The van der Waals surface area contributed by atoms with Crippen LogP contribution in [0, 0.1) is 0 Å². The highest BCUT2D eigenvalue weighted by Gasteiger charge is 1.58. The first kappa shape index (κ1) is 414. The zero-order chi connectivity index (χ0) is 96.1. The molecule has 0 fully saturated rings. The number of aliphatic hydroxyl groups is 2. The van der Waals surface area contributed by atoms with Crippen LogP contribution >= 0.6 is 0 Å². The Morgan fingerprint density at radius 3 is 0.113 bits per heavy atom. The summed E-state index contributed by atoms with van der Waals surface area (Å²) in [6, 6.07) is 0. The van der Waals surface area contributed by atoms with E-state index in [1.54, 1.807) is 14.2 Å². The highest BCUT2D eigenvalue weighted by molar-refractivity contribution is 4.31.